The molecule has 0 atom stereocenters. The molecule has 3 rings (SSSR count). The van der Waals surface area contributed by atoms with E-state index in [1.807, 2.05) is 30.3 Å². The maximum Gasteiger partial charge on any atom is 0.354 e. The zero-order valence-corrected chi connectivity index (χ0v) is 13.4. The third-order valence-electron chi connectivity index (χ3n) is 3.69. The Morgan fingerprint density at radius 3 is 2.60 bits per heavy atom. The maximum absolute atomic E-state index is 12.1. The van der Waals surface area contributed by atoms with Gasteiger partial charge in [0.25, 0.3) is 0 Å². The van der Waals surface area contributed by atoms with E-state index in [0.717, 1.165) is 5.56 Å². The van der Waals surface area contributed by atoms with E-state index in [2.05, 4.69) is 0 Å². The Labute approximate surface area is 143 Å². The molecule has 0 amide bonds. The lowest BCUT2D eigenvalue weighted by atomic mass is 10.2. The van der Waals surface area contributed by atoms with Gasteiger partial charge in [0, 0.05) is 11.5 Å². The minimum Gasteiger partial charge on any atom is -0.464 e. The van der Waals surface area contributed by atoms with Crippen LogP contribution in [-0.4, -0.2) is 17.6 Å². The van der Waals surface area contributed by atoms with Crippen LogP contribution in [0.1, 0.15) is 21.8 Å². The highest BCUT2D eigenvalue weighted by Crippen LogP contribution is 2.27. The van der Waals surface area contributed by atoms with Crippen LogP contribution in [0.3, 0.4) is 0 Å². The highest BCUT2D eigenvalue weighted by Gasteiger charge is 2.19. The summed E-state index contributed by atoms with van der Waals surface area (Å²) in [6.07, 6.45) is 1.37. The first-order valence-electron chi connectivity index (χ1n) is 7.43. The van der Waals surface area contributed by atoms with Gasteiger partial charge < -0.3 is 13.7 Å². The van der Waals surface area contributed by atoms with Gasteiger partial charge >= 0.3 is 5.97 Å². The first-order valence-corrected chi connectivity index (χ1v) is 7.43. The van der Waals surface area contributed by atoms with Crippen molar-refractivity contribution in [2.24, 2.45) is 0 Å². The number of benzene rings is 1. The number of ether oxygens (including phenoxy) is 1. The summed E-state index contributed by atoms with van der Waals surface area (Å²) in [6.45, 7) is 0.425. The second kappa shape index (κ2) is 6.77. The number of allylic oxidation sites excluding steroid dienone is 1. The summed E-state index contributed by atoms with van der Waals surface area (Å²) < 4.78 is 12.3. The number of methoxy groups -OCH3 is 1. The lowest BCUT2D eigenvalue weighted by Gasteiger charge is -2.08. The molecule has 0 saturated carbocycles. The number of furan rings is 1. The standard InChI is InChI=1S/C19H13N3O3/c1-24-19(23)17-9-15-8-16(7-14(10-20)11-21)25-18(15)22(17)12-13-5-3-2-4-6-13/h2-9H,12H2,1H3. The van der Waals surface area contributed by atoms with Crippen LogP contribution in [0.4, 0.5) is 0 Å². The van der Waals surface area contributed by atoms with Crippen LogP contribution in [0.15, 0.2) is 52.5 Å². The number of nitrogens with zero attached hydrogens (tertiary/aromatic N) is 3. The van der Waals surface area contributed by atoms with Gasteiger partial charge in [0.15, 0.2) is 0 Å². The first kappa shape index (κ1) is 16.1. The average molecular weight is 331 g/mol. The van der Waals surface area contributed by atoms with E-state index in [9.17, 15) is 4.79 Å². The van der Waals surface area contributed by atoms with Gasteiger partial charge in [-0.3, -0.25) is 0 Å². The molecule has 0 aliphatic carbocycles. The van der Waals surface area contributed by atoms with Crippen molar-refractivity contribution < 1.29 is 13.9 Å². The van der Waals surface area contributed by atoms with Crippen LogP contribution >= 0.6 is 0 Å². The number of hydrogen-bond donors (Lipinski definition) is 0. The Balaban J connectivity index is 2.12. The van der Waals surface area contributed by atoms with Crippen LogP contribution in [0.2, 0.25) is 0 Å². The molecule has 25 heavy (non-hydrogen) atoms. The minimum absolute atomic E-state index is 0.0563. The van der Waals surface area contributed by atoms with Gasteiger partial charge in [-0.15, -0.1) is 0 Å². The number of esters is 1. The van der Waals surface area contributed by atoms with Crippen molar-refractivity contribution in [3.63, 3.8) is 0 Å². The number of aromatic nitrogens is 1. The normalized spacial score (nSPS) is 10.0. The molecule has 3 aromatic rings. The van der Waals surface area contributed by atoms with Gasteiger partial charge in [-0.2, -0.15) is 10.5 Å². The Morgan fingerprint density at radius 1 is 1.24 bits per heavy atom. The van der Waals surface area contributed by atoms with E-state index in [1.165, 1.54) is 13.2 Å². The molecule has 6 heteroatoms. The van der Waals surface area contributed by atoms with Crippen molar-refractivity contribution in [3.05, 3.63) is 65.1 Å². The Hall–Kier alpha value is -3.77. The fraction of sp³-hybridized carbons (Fsp3) is 0.105. The predicted molar refractivity (Wildman–Crippen MR) is 90.3 cm³/mol. The van der Waals surface area contributed by atoms with Crippen molar-refractivity contribution >= 4 is 23.1 Å². The number of carbonyl (C=O) groups is 1. The Bertz CT molecular complexity index is 1030. The van der Waals surface area contributed by atoms with Crippen molar-refractivity contribution in [1.29, 1.82) is 10.5 Å². The van der Waals surface area contributed by atoms with Crippen LogP contribution in [0.25, 0.3) is 17.2 Å². The number of carbonyl (C=O) groups excluding carboxylic acids is 1. The lowest BCUT2D eigenvalue weighted by molar-refractivity contribution is 0.0589. The van der Waals surface area contributed by atoms with Gasteiger partial charge in [0.05, 0.1) is 13.7 Å². The minimum atomic E-state index is -0.464. The van der Waals surface area contributed by atoms with Crippen LogP contribution in [-0.2, 0) is 11.3 Å². The molecule has 6 nitrogen and oxygen atoms in total. The van der Waals surface area contributed by atoms with Gasteiger partial charge in [0.1, 0.15) is 29.2 Å². The Kier molecular flexibility index (Phi) is 4.36. The van der Waals surface area contributed by atoms with E-state index in [0.29, 0.717) is 29.1 Å². The highest BCUT2D eigenvalue weighted by atomic mass is 16.5. The molecular weight excluding hydrogens is 318 g/mol. The summed E-state index contributed by atoms with van der Waals surface area (Å²) >= 11 is 0. The van der Waals surface area contributed by atoms with E-state index in [-0.39, 0.29) is 5.57 Å². The Morgan fingerprint density at radius 2 is 1.96 bits per heavy atom. The monoisotopic (exact) mass is 331 g/mol. The van der Waals surface area contributed by atoms with Gasteiger partial charge in [0.2, 0.25) is 5.71 Å². The molecule has 1 aromatic carbocycles. The maximum atomic E-state index is 12.1. The van der Waals surface area contributed by atoms with Crippen LogP contribution < -0.4 is 0 Å². The first-order chi connectivity index (χ1) is 12.2. The van der Waals surface area contributed by atoms with Crippen molar-refractivity contribution in [1.82, 2.24) is 4.57 Å². The van der Waals surface area contributed by atoms with E-state index in [4.69, 9.17) is 19.7 Å². The zero-order chi connectivity index (χ0) is 17.8. The van der Waals surface area contributed by atoms with Crippen LogP contribution in [0.5, 0.6) is 0 Å². The van der Waals surface area contributed by atoms with Crippen molar-refractivity contribution in [2.45, 2.75) is 6.54 Å². The quantitative estimate of drug-likeness (QED) is 0.539. The number of hydrogen-bond acceptors (Lipinski definition) is 5. The molecule has 0 bridgehead atoms. The largest absolute Gasteiger partial charge is 0.464 e. The summed E-state index contributed by atoms with van der Waals surface area (Å²) in [5, 5.41) is 18.4. The van der Waals surface area contributed by atoms with Gasteiger partial charge in [-0.05, 0) is 17.7 Å². The highest BCUT2D eigenvalue weighted by molar-refractivity contribution is 5.94. The molecule has 122 valence electrons. The van der Waals surface area contributed by atoms with Crippen LogP contribution in [0, 0.1) is 22.7 Å². The summed E-state index contributed by atoms with van der Waals surface area (Å²) in [4.78, 5) is 12.1. The molecular formula is C19H13N3O3. The molecule has 2 aromatic heterocycles. The van der Waals surface area contributed by atoms with Gasteiger partial charge in [-0.1, -0.05) is 30.3 Å². The van der Waals surface area contributed by atoms with Crippen molar-refractivity contribution in [2.75, 3.05) is 7.11 Å². The summed E-state index contributed by atoms with van der Waals surface area (Å²) in [5.41, 5.74) is 1.79. The molecule has 2 heterocycles. The molecule has 0 saturated heterocycles. The predicted octanol–water partition coefficient (Wildman–Crippen LogP) is 3.50. The fourth-order valence-electron chi connectivity index (χ4n) is 2.56. The number of nitriles is 2. The zero-order valence-electron chi connectivity index (χ0n) is 13.4. The summed E-state index contributed by atoms with van der Waals surface area (Å²) in [6, 6.07) is 16.6. The number of fused-ring (bicyclic) bond motifs is 1. The second-order valence-corrected chi connectivity index (χ2v) is 5.28. The fourth-order valence-corrected chi connectivity index (χ4v) is 2.56. The molecule has 0 N–H and O–H groups in total. The number of rotatable bonds is 4. The molecule has 0 spiro atoms. The lowest BCUT2D eigenvalue weighted by Crippen LogP contribution is -2.11. The van der Waals surface area contributed by atoms with Gasteiger partial charge in [-0.25, -0.2) is 4.79 Å². The second-order valence-electron chi connectivity index (χ2n) is 5.28. The van der Waals surface area contributed by atoms with E-state index in [1.54, 1.807) is 28.8 Å². The van der Waals surface area contributed by atoms with E-state index >= 15 is 0 Å². The third-order valence-corrected chi connectivity index (χ3v) is 3.69. The van der Waals surface area contributed by atoms with E-state index < -0.39 is 5.97 Å². The molecule has 0 radical (unpaired) electrons. The molecule has 0 unspecified atom stereocenters. The summed E-state index contributed by atoms with van der Waals surface area (Å²) in [5.74, 6) is -0.0875. The summed E-state index contributed by atoms with van der Waals surface area (Å²) in [7, 11) is 1.32. The van der Waals surface area contributed by atoms with Crippen molar-refractivity contribution in [3.8, 4) is 12.1 Å². The molecule has 0 aliphatic rings. The SMILES string of the molecule is COC(=O)c1cc2cc(C=C(C#N)C#N)oc2n1Cc1ccccc1. The smallest absolute Gasteiger partial charge is 0.354 e. The molecule has 0 fully saturated rings. The topological polar surface area (TPSA) is 91.9 Å². The third kappa shape index (κ3) is 3.15. The molecule has 0 aliphatic heterocycles. The average Bonchev–Trinajstić information content (AvgIpc) is 3.18.